The SMILES string of the molecule is O=C1C=C(Nc2ccc3ccn(CC4CCCCC4)c3c2)CC1. The highest BCUT2D eigenvalue weighted by molar-refractivity contribution is 5.94. The number of anilines is 1. The molecule has 1 fully saturated rings. The Labute approximate surface area is 137 Å². The average molecular weight is 308 g/mol. The van der Waals surface area contributed by atoms with E-state index < -0.39 is 0 Å². The minimum Gasteiger partial charge on any atom is -0.359 e. The second kappa shape index (κ2) is 6.23. The maximum atomic E-state index is 11.4. The van der Waals surface area contributed by atoms with E-state index >= 15 is 0 Å². The molecule has 0 atom stereocenters. The molecule has 0 saturated heterocycles. The van der Waals surface area contributed by atoms with Crippen molar-refractivity contribution >= 4 is 22.4 Å². The first-order chi connectivity index (χ1) is 11.3. The standard InChI is InChI=1S/C20H24N2O/c23-19-9-8-17(12-19)21-18-7-6-16-10-11-22(20(16)13-18)14-15-4-2-1-3-5-15/h6-7,10-13,15,21H,1-5,8-9,14H2. The van der Waals surface area contributed by atoms with Crippen molar-refractivity contribution < 1.29 is 4.79 Å². The van der Waals surface area contributed by atoms with E-state index in [0.29, 0.717) is 6.42 Å². The molecule has 3 heteroatoms. The molecule has 1 N–H and O–H groups in total. The molecule has 120 valence electrons. The van der Waals surface area contributed by atoms with Crippen molar-refractivity contribution in [1.29, 1.82) is 0 Å². The van der Waals surface area contributed by atoms with Gasteiger partial charge in [-0.2, -0.15) is 0 Å². The van der Waals surface area contributed by atoms with Gasteiger partial charge in [-0.15, -0.1) is 0 Å². The third-order valence-corrected chi connectivity index (χ3v) is 5.23. The van der Waals surface area contributed by atoms with Gasteiger partial charge in [0.15, 0.2) is 5.78 Å². The van der Waals surface area contributed by atoms with Gasteiger partial charge >= 0.3 is 0 Å². The van der Waals surface area contributed by atoms with Crippen molar-refractivity contribution in [2.75, 3.05) is 5.32 Å². The molecule has 0 radical (unpaired) electrons. The predicted octanol–water partition coefficient (Wildman–Crippen LogP) is 4.88. The summed E-state index contributed by atoms with van der Waals surface area (Å²) in [6.45, 7) is 1.13. The number of fused-ring (bicyclic) bond motifs is 1. The van der Waals surface area contributed by atoms with Gasteiger partial charge in [0.05, 0.1) is 5.52 Å². The van der Waals surface area contributed by atoms with Gasteiger partial charge < -0.3 is 9.88 Å². The first-order valence-electron chi connectivity index (χ1n) is 8.87. The van der Waals surface area contributed by atoms with Crippen LogP contribution in [0.1, 0.15) is 44.9 Å². The molecule has 0 spiro atoms. The van der Waals surface area contributed by atoms with E-state index in [1.807, 2.05) is 0 Å². The number of carbonyl (C=O) groups excluding carboxylic acids is 1. The van der Waals surface area contributed by atoms with Gasteiger partial charge in [-0.25, -0.2) is 0 Å². The Morgan fingerprint density at radius 1 is 1.09 bits per heavy atom. The van der Waals surface area contributed by atoms with Crippen LogP contribution in [0.3, 0.4) is 0 Å². The number of allylic oxidation sites excluding steroid dienone is 2. The van der Waals surface area contributed by atoms with Gasteiger partial charge in [-0.05, 0) is 48.8 Å². The quantitative estimate of drug-likeness (QED) is 0.873. The van der Waals surface area contributed by atoms with E-state index in [2.05, 4.69) is 40.3 Å². The molecule has 3 nitrogen and oxygen atoms in total. The predicted molar refractivity (Wildman–Crippen MR) is 94.5 cm³/mol. The van der Waals surface area contributed by atoms with Crippen molar-refractivity contribution in [2.45, 2.75) is 51.5 Å². The number of benzene rings is 1. The molecule has 2 aromatic rings. The van der Waals surface area contributed by atoms with Crippen LogP contribution in [0.5, 0.6) is 0 Å². The number of aromatic nitrogens is 1. The fraction of sp³-hybridized carbons (Fsp3) is 0.450. The zero-order valence-corrected chi connectivity index (χ0v) is 13.6. The molecule has 1 heterocycles. The second-order valence-electron chi connectivity index (χ2n) is 7.01. The Morgan fingerprint density at radius 3 is 2.74 bits per heavy atom. The Hall–Kier alpha value is -2.03. The summed E-state index contributed by atoms with van der Waals surface area (Å²) in [5.41, 5.74) is 3.42. The number of carbonyl (C=O) groups is 1. The van der Waals surface area contributed by atoms with E-state index in [-0.39, 0.29) is 5.78 Å². The van der Waals surface area contributed by atoms with Gasteiger partial charge in [0, 0.05) is 36.6 Å². The van der Waals surface area contributed by atoms with Crippen LogP contribution in [-0.2, 0) is 11.3 Å². The van der Waals surface area contributed by atoms with Crippen LogP contribution < -0.4 is 5.32 Å². The smallest absolute Gasteiger partial charge is 0.157 e. The lowest BCUT2D eigenvalue weighted by atomic mass is 9.89. The van der Waals surface area contributed by atoms with Gasteiger partial charge in [-0.1, -0.05) is 25.3 Å². The molecule has 1 aromatic carbocycles. The van der Waals surface area contributed by atoms with Crippen LogP contribution in [-0.4, -0.2) is 10.4 Å². The molecule has 4 rings (SSSR count). The summed E-state index contributed by atoms with van der Waals surface area (Å²) in [5, 5.41) is 4.71. The van der Waals surface area contributed by atoms with Crippen LogP contribution in [0.2, 0.25) is 0 Å². The number of hydrogen-bond donors (Lipinski definition) is 1. The minimum absolute atomic E-state index is 0.231. The molecule has 1 saturated carbocycles. The topological polar surface area (TPSA) is 34.0 Å². The Kier molecular flexibility index (Phi) is 3.94. The van der Waals surface area contributed by atoms with E-state index in [0.717, 1.165) is 30.3 Å². The van der Waals surface area contributed by atoms with Crippen molar-refractivity contribution in [2.24, 2.45) is 5.92 Å². The van der Waals surface area contributed by atoms with E-state index in [1.165, 1.54) is 43.0 Å². The molecule has 2 aliphatic rings. The summed E-state index contributed by atoms with van der Waals surface area (Å²) in [6.07, 6.45) is 12.4. The van der Waals surface area contributed by atoms with Gasteiger partial charge in [0.1, 0.15) is 0 Å². The normalized spacial score (nSPS) is 19.3. The molecule has 2 aliphatic carbocycles. The maximum absolute atomic E-state index is 11.4. The monoisotopic (exact) mass is 308 g/mol. The molecular formula is C20H24N2O. The molecule has 0 amide bonds. The third kappa shape index (κ3) is 3.19. The summed E-state index contributed by atoms with van der Waals surface area (Å²) < 4.78 is 2.41. The summed E-state index contributed by atoms with van der Waals surface area (Å²) in [5.74, 6) is 1.06. The molecule has 1 aromatic heterocycles. The molecule has 23 heavy (non-hydrogen) atoms. The number of nitrogens with zero attached hydrogens (tertiary/aromatic N) is 1. The first-order valence-corrected chi connectivity index (χ1v) is 8.87. The van der Waals surface area contributed by atoms with E-state index in [9.17, 15) is 4.79 Å². The lowest BCUT2D eigenvalue weighted by molar-refractivity contribution is -0.114. The Balaban J connectivity index is 1.55. The summed E-state index contributed by atoms with van der Waals surface area (Å²) in [6, 6.07) is 8.71. The van der Waals surface area contributed by atoms with E-state index in [4.69, 9.17) is 0 Å². The summed E-state index contributed by atoms with van der Waals surface area (Å²) >= 11 is 0. The van der Waals surface area contributed by atoms with Crippen LogP contribution in [0.4, 0.5) is 5.69 Å². The zero-order chi connectivity index (χ0) is 15.6. The second-order valence-corrected chi connectivity index (χ2v) is 7.01. The fourth-order valence-corrected chi connectivity index (χ4v) is 3.95. The van der Waals surface area contributed by atoms with E-state index in [1.54, 1.807) is 6.08 Å². The Morgan fingerprint density at radius 2 is 1.96 bits per heavy atom. The largest absolute Gasteiger partial charge is 0.359 e. The Bertz CT molecular complexity index is 750. The number of nitrogens with one attached hydrogen (secondary N) is 1. The van der Waals surface area contributed by atoms with Gasteiger partial charge in [-0.3, -0.25) is 4.79 Å². The first kappa shape index (κ1) is 14.6. The van der Waals surface area contributed by atoms with Crippen molar-refractivity contribution in [1.82, 2.24) is 4.57 Å². The number of ketones is 1. The highest BCUT2D eigenvalue weighted by Gasteiger charge is 2.15. The summed E-state index contributed by atoms with van der Waals surface area (Å²) in [4.78, 5) is 11.4. The number of hydrogen-bond acceptors (Lipinski definition) is 2. The lowest BCUT2D eigenvalue weighted by Crippen LogP contribution is -2.13. The molecule has 0 bridgehead atoms. The van der Waals surface area contributed by atoms with Crippen LogP contribution in [0, 0.1) is 5.92 Å². The van der Waals surface area contributed by atoms with Crippen molar-refractivity contribution in [3.05, 3.63) is 42.2 Å². The highest BCUT2D eigenvalue weighted by atomic mass is 16.1. The van der Waals surface area contributed by atoms with Crippen LogP contribution >= 0.6 is 0 Å². The van der Waals surface area contributed by atoms with Gasteiger partial charge in [0.25, 0.3) is 0 Å². The lowest BCUT2D eigenvalue weighted by Gasteiger charge is -2.22. The number of rotatable bonds is 4. The maximum Gasteiger partial charge on any atom is 0.157 e. The average Bonchev–Trinajstić information content (AvgIpc) is 3.15. The molecular weight excluding hydrogens is 284 g/mol. The molecule has 0 aliphatic heterocycles. The van der Waals surface area contributed by atoms with Gasteiger partial charge in [0.2, 0.25) is 0 Å². The summed E-state index contributed by atoms with van der Waals surface area (Å²) in [7, 11) is 0. The van der Waals surface area contributed by atoms with Crippen molar-refractivity contribution in [3.63, 3.8) is 0 Å². The zero-order valence-electron chi connectivity index (χ0n) is 13.6. The minimum atomic E-state index is 0.231. The fourth-order valence-electron chi connectivity index (χ4n) is 3.95. The highest BCUT2D eigenvalue weighted by Crippen LogP contribution is 2.28. The third-order valence-electron chi connectivity index (χ3n) is 5.23. The molecule has 0 unspecified atom stereocenters. The van der Waals surface area contributed by atoms with Crippen LogP contribution in [0.25, 0.3) is 10.9 Å². The van der Waals surface area contributed by atoms with Crippen LogP contribution in [0.15, 0.2) is 42.2 Å². The van der Waals surface area contributed by atoms with Crippen molar-refractivity contribution in [3.8, 4) is 0 Å².